The molecule has 0 spiro atoms. The standard InChI is InChI=1S/C27H34N8O3.C15H20ClN5O2.C12H15N3O3.C10H10Cl2N4O.C5H11NO/c1-17-11-20(12-22(37-3)18(17)2)33-14-23(28-16-33)30-27-31-25(34-9-6-7-19(34)15-36)21-13-29-35(26(21)32-27)24-8-4-5-10-38-24;16-15-18-13(20-6-3-4-10(20)9-22)11-8-17-21(14(11)19-15)12-5-1-2-7-23-12;1-16-9-4-8(15-6-11(13)14-7-15)5-10(17-2)12(9)18-3;11-8-6-5-13-16(7-3-1-2-4-17-7)9(6)15-10(12)14-8;7-4-5-2-1-3-6-5/h11-14,16,19,24,36H,4-10,15H2,1-3H3,(H,30,31,32);8,10,12,22H,1-7,9H2;4-7H,13H2,1-3H3;5,7H,1-4H2;5-7H,1-4H2/t19-,24?;10-,12?;;;5-/m00..0/s1. The van der Waals surface area contributed by atoms with E-state index in [1.807, 2.05) is 44.5 Å². The molecule has 0 amide bonds. The van der Waals surface area contributed by atoms with Crippen molar-refractivity contribution in [2.45, 2.75) is 147 Å². The Balaban J connectivity index is 0.000000132. The van der Waals surface area contributed by atoms with Crippen LogP contribution in [0.5, 0.6) is 23.0 Å². The molecule has 103 heavy (non-hydrogen) atoms. The molecule has 6 fully saturated rings. The first-order chi connectivity index (χ1) is 50.2. The number of aliphatic hydroxyl groups is 3. The molecule has 6 aliphatic rings. The minimum absolute atomic E-state index is 0.0224. The summed E-state index contributed by atoms with van der Waals surface area (Å²) in [6.07, 6.45) is 27.5. The van der Waals surface area contributed by atoms with E-state index in [1.165, 1.54) is 6.42 Å². The highest BCUT2D eigenvalue weighted by atomic mass is 35.5. The Bertz CT molecular complexity index is 4410. The minimum atomic E-state index is -0.150. The number of imidazole rings is 2. The SMILES string of the molecule is COc1cc(-n2cnc(N)c2)cc(OC)c1OC.COc1cc(-n2cnc(Nc3nc(N4CCC[C@H]4CO)c4cnn(C5CCCCO5)c4n3)c2)cc(C)c1C.Clc1nc(Cl)c2cnn(C3CCCCO3)c2n1.OC[C@@H]1CCCN1.OC[C@@H]1CCCN1c1nc(Cl)nc2c1cnn2C1CCCCO1. The van der Waals surface area contributed by atoms with Gasteiger partial charge in [0.15, 0.2) is 52.9 Å². The predicted octanol–water partition coefficient (Wildman–Crippen LogP) is 10.2. The number of nitrogen functional groups attached to an aromatic ring is 1. The van der Waals surface area contributed by atoms with Crippen LogP contribution >= 0.6 is 34.8 Å². The molecule has 14 heterocycles. The number of nitrogens with two attached hydrogens (primary N) is 1. The second-order valence-electron chi connectivity index (χ2n) is 25.7. The van der Waals surface area contributed by atoms with Crippen LogP contribution in [0.15, 0.2) is 67.9 Å². The lowest BCUT2D eigenvalue weighted by Gasteiger charge is -2.26. The minimum Gasteiger partial charge on any atom is -0.496 e. The number of nitrogens with zero attached hydrogens (tertiary/aromatic N) is 18. The first-order valence-electron chi connectivity index (χ1n) is 34.9. The topological polar surface area (TPSA) is 348 Å². The number of ether oxygens (including phenoxy) is 7. The van der Waals surface area contributed by atoms with Gasteiger partial charge in [-0.3, -0.25) is 0 Å². The fraction of sp³-hybridized carbons (Fsp3) is 0.522. The number of nitrogens with one attached hydrogen (secondary N) is 2. The zero-order chi connectivity index (χ0) is 72.1. The van der Waals surface area contributed by atoms with Gasteiger partial charge in [-0.1, -0.05) is 11.6 Å². The van der Waals surface area contributed by atoms with E-state index in [1.54, 1.807) is 68.9 Å². The summed E-state index contributed by atoms with van der Waals surface area (Å²) in [7, 11) is 6.39. The first-order valence-corrected chi connectivity index (χ1v) is 36.1. The molecule has 16 rings (SSSR count). The van der Waals surface area contributed by atoms with Crippen molar-refractivity contribution in [1.29, 1.82) is 0 Å². The van der Waals surface area contributed by atoms with Crippen LogP contribution in [-0.4, -0.2) is 200 Å². The summed E-state index contributed by atoms with van der Waals surface area (Å²) in [4.78, 5) is 39.4. The predicted molar refractivity (Wildman–Crippen MR) is 391 cm³/mol. The van der Waals surface area contributed by atoms with Crippen LogP contribution in [0.3, 0.4) is 0 Å². The van der Waals surface area contributed by atoms with E-state index in [9.17, 15) is 10.2 Å². The zero-order valence-electron chi connectivity index (χ0n) is 58.7. The van der Waals surface area contributed by atoms with Crippen LogP contribution < -0.4 is 45.1 Å². The summed E-state index contributed by atoms with van der Waals surface area (Å²) >= 11 is 18.0. The number of hydrogen-bond acceptors (Lipinski definition) is 26. The second kappa shape index (κ2) is 34.9. The summed E-state index contributed by atoms with van der Waals surface area (Å²) in [5, 5.41) is 51.0. The first kappa shape index (κ1) is 74.2. The van der Waals surface area contributed by atoms with Gasteiger partial charge in [0.2, 0.25) is 22.3 Å². The third kappa shape index (κ3) is 17.2. The molecule has 7 N–H and O–H groups in total. The van der Waals surface area contributed by atoms with Crippen molar-refractivity contribution in [2.75, 3.05) is 109 Å². The van der Waals surface area contributed by atoms with Crippen molar-refractivity contribution in [2.24, 2.45) is 0 Å². The number of anilines is 5. The van der Waals surface area contributed by atoms with Gasteiger partial charge in [-0.15, -0.1) is 0 Å². The van der Waals surface area contributed by atoms with Crippen LogP contribution in [-0.2, 0) is 14.2 Å². The third-order valence-corrected chi connectivity index (χ3v) is 19.7. The van der Waals surface area contributed by atoms with E-state index in [0.29, 0.717) is 81.6 Å². The molecule has 6 atom stereocenters. The molecule has 2 aromatic carbocycles. The molecule has 0 aliphatic carbocycles. The Kier molecular flexibility index (Phi) is 25.1. The lowest BCUT2D eigenvalue weighted by atomic mass is 10.1. The van der Waals surface area contributed by atoms with Gasteiger partial charge in [0.25, 0.3) is 0 Å². The number of fused-ring (bicyclic) bond motifs is 3. The summed E-state index contributed by atoms with van der Waals surface area (Å²) in [6, 6.07) is 8.26. The Labute approximate surface area is 610 Å². The number of aryl methyl sites for hydroxylation is 1. The number of hydrogen-bond donors (Lipinski definition) is 6. The Morgan fingerprint density at radius 1 is 0.544 bits per heavy atom. The number of benzene rings is 2. The van der Waals surface area contributed by atoms with Crippen molar-refractivity contribution in [3.63, 3.8) is 0 Å². The molecule has 34 heteroatoms. The van der Waals surface area contributed by atoms with Gasteiger partial charge >= 0.3 is 0 Å². The average Bonchev–Trinajstić information content (AvgIpc) is 1.65. The Hall–Kier alpha value is -8.50. The number of aliphatic hydroxyl groups excluding tert-OH is 3. The van der Waals surface area contributed by atoms with Gasteiger partial charge in [0.1, 0.15) is 41.0 Å². The largest absolute Gasteiger partial charge is 0.496 e. The maximum Gasteiger partial charge on any atom is 0.232 e. The van der Waals surface area contributed by atoms with Crippen LogP contribution in [0, 0.1) is 13.8 Å². The molecule has 552 valence electrons. The maximum atomic E-state index is 10.0. The zero-order valence-corrected chi connectivity index (χ0v) is 61.0. The Morgan fingerprint density at radius 3 is 1.53 bits per heavy atom. The molecule has 6 aliphatic heterocycles. The normalized spacial score (nSPS) is 20.3. The monoisotopic (exact) mass is 1480 g/mol. The highest BCUT2D eigenvalue weighted by molar-refractivity contribution is 6.35. The van der Waals surface area contributed by atoms with Crippen LogP contribution in [0.4, 0.5) is 29.2 Å². The molecule has 31 nitrogen and oxygen atoms in total. The smallest absolute Gasteiger partial charge is 0.232 e. The molecule has 6 saturated heterocycles. The molecular formula is C69H90Cl3N21O10. The summed E-state index contributed by atoms with van der Waals surface area (Å²) in [5.41, 5.74) is 11.7. The fourth-order valence-corrected chi connectivity index (χ4v) is 14.1. The van der Waals surface area contributed by atoms with Gasteiger partial charge in [-0.05, 0) is 157 Å². The van der Waals surface area contributed by atoms with Crippen molar-refractivity contribution in [3.05, 3.63) is 94.8 Å². The Morgan fingerprint density at radius 2 is 1.05 bits per heavy atom. The number of rotatable bonds is 16. The number of methoxy groups -OCH3 is 4. The molecule has 0 radical (unpaired) electrons. The van der Waals surface area contributed by atoms with Crippen molar-refractivity contribution >= 4 is 97.1 Å². The third-order valence-electron chi connectivity index (χ3n) is 19.1. The van der Waals surface area contributed by atoms with Crippen molar-refractivity contribution < 1.29 is 48.5 Å². The maximum absolute atomic E-state index is 10.0. The van der Waals surface area contributed by atoms with E-state index < -0.39 is 0 Å². The summed E-state index contributed by atoms with van der Waals surface area (Å²) in [6.45, 7) is 9.60. The highest BCUT2D eigenvalue weighted by Gasteiger charge is 2.32. The van der Waals surface area contributed by atoms with Gasteiger partial charge in [0.05, 0.1) is 119 Å². The van der Waals surface area contributed by atoms with E-state index in [-0.39, 0.29) is 54.5 Å². The van der Waals surface area contributed by atoms with Crippen molar-refractivity contribution in [3.8, 4) is 34.4 Å². The number of halogens is 3. The lowest BCUT2D eigenvalue weighted by molar-refractivity contribution is -0.0371. The van der Waals surface area contributed by atoms with Gasteiger partial charge in [-0.2, -0.15) is 40.2 Å². The molecule has 0 bridgehead atoms. The van der Waals surface area contributed by atoms with Crippen molar-refractivity contribution in [1.82, 2.24) is 83.7 Å². The fourth-order valence-electron chi connectivity index (χ4n) is 13.6. The molecule has 8 aromatic heterocycles. The number of aromatic nitrogens is 16. The quantitative estimate of drug-likeness (QED) is 0.0387. The molecule has 0 saturated carbocycles. The van der Waals surface area contributed by atoms with Crippen LogP contribution in [0.1, 0.15) is 126 Å². The highest BCUT2D eigenvalue weighted by Crippen LogP contribution is 2.41. The summed E-state index contributed by atoms with van der Waals surface area (Å²) in [5.74, 6) is 5.58. The van der Waals surface area contributed by atoms with Gasteiger partial charge in [0, 0.05) is 57.2 Å². The van der Waals surface area contributed by atoms with Gasteiger partial charge in [-0.25, -0.2) is 29.0 Å². The summed E-state index contributed by atoms with van der Waals surface area (Å²) < 4.78 is 48.0. The molecular weight excluding hydrogens is 1390 g/mol. The van der Waals surface area contributed by atoms with Crippen LogP contribution in [0.2, 0.25) is 15.7 Å². The van der Waals surface area contributed by atoms with E-state index >= 15 is 0 Å². The second-order valence-corrected chi connectivity index (χ2v) is 26.7. The molecule has 3 unspecified atom stereocenters. The van der Waals surface area contributed by atoms with E-state index in [0.717, 1.165) is 173 Å². The lowest BCUT2D eigenvalue weighted by Crippen LogP contribution is -2.33. The molecule has 10 aromatic rings. The average molecular weight is 1480 g/mol. The van der Waals surface area contributed by atoms with Crippen LogP contribution in [0.25, 0.3) is 44.5 Å². The van der Waals surface area contributed by atoms with E-state index in [2.05, 4.69) is 85.5 Å². The van der Waals surface area contributed by atoms with E-state index in [4.69, 9.17) is 88.8 Å². The van der Waals surface area contributed by atoms with Gasteiger partial charge < -0.3 is 83.8 Å².